The molecule has 0 aliphatic heterocycles. The molecule has 0 aliphatic rings. The van der Waals surface area contributed by atoms with Crippen LogP contribution in [0.2, 0.25) is 10.0 Å². The summed E-state index contributed by atoms with van der Waals surface area (Å²) in [5, 5.41) is 21.8. The van der Waals surface area contributed by atoms with E-state index in [1.807, 2.05) is 0 Å². The molecule has 0 fully saturated rings. The maximum atomic E-state index is 14.0. The summed E-state index contributed by atoms with van der Waals surface area (Å²) in [6.45, 7) is 3.15. The molecule has 0 saturated heterocycles. The SMILES string of the molecule is Cc1cc([N+](=O)[O-])nn1C(C)C(=O)Nc1nn(Cc2c(F)cccc2Cl)cc1Cl. The molecule has 1 aromatic carbocycles. The average Bonchev–Trinajstić information content (AvgIpc) is 3.20. The molecular weight excluding hydrogens is 426 g/mol. The van der Waals surface area contributed by atoms with Crippen molar-refractivity contribution in [3.63, 3.8) is 0 Å². The fraction of sp³-hybridized carbons (Fsp3) is 0.235. The molecule has 152 valence electrons. The van der Waals surface area contributed by atoms with Gasteiger partial charge >= 0.3 is 5.82 Å². The minimum atomic E-state index is -0.856. The summed E-state index contributed by atoms with van der Waals surface area (Å²) in [5.41, 5.74) is 0.684. The van der Waals surface area contributed by atoms with Crippen LogP contribution in [0.5, 0.6) is 0 Å². The molecule has 1 N–H and O–H groups in total. The molecule has 12 heteroatoms. The number of aromatic nitrogens is 4. The zero-order valence-corrected chi connectivity index (χ0v) is 16.8. The molecule has 2 heterocycles. The lowest BCUT2D eigenvalue weighted by molar-refractivity contribution is -0.389. The van der Waals surface area contributed by atoms with Crippen molar-refractivity contribution in [1.29, 1.82) is 0 Å². The molecule has 2 aromatic heterocycles. The third-order valence-electron chi connectivity index (χ3n) is 4.18. The van der Waals surface area contributed by atoms with Crippen molar-refractivity contribution in [2.75, 3.05) is 5.32 Å². The van der Waals surface area contributed by atoms with Crippen molar-refractivity contribution in [2.45, 2.75) is 26.4 Å². The van der Waals surface area contributed by atoms with Crippen LogP contribution in [0, 0.1) is 22.9 Å². The average molecular weight is 441 g/mol. The third kappa shape index (κ3) is 4.38. The van der Waals surface area contributed by atoms with Crippen LogP contribution in [0.15, 0.2) is 30.5 Å². The van der Waals surface area contributed by atoms with E-state index in [0.29, 0.717) is 5.69 Å². The number of hydrogen-bond donors (Lipinski definition) is 1. The number of nitro groups is 1. The summed E-state index contributed by atoms with van der Waals surface area (Å²) < 4.78 is 16.5. The number of rotatable bonds is 6. The van der Waals surface area contributed by atoms with Gasteiger partial charge in [-0.05, 0) is 30.9 Å². The number of carbonyl (C=O) groups excluding carboxylic acids is 1. The normalized spacial score (nSPS) is 12.0. The monoisotopic (exact) mass is 440 g/mol. The van der Waals surface area contributed by atoms with E-state index in [1.54, 1.807) is 13.0 Å². The quantitative estimate of drug-likeness (QED) is 0.460. The molecule has 9 nitrogen and oxygen atoms in total. The number of aryl methyl sites for hydroxylation is 1. The minimum absolute atomic E-state index is 0.0150. The van der Waals surface area contributed by atoms with Crippen LogP contribution in [0.1, 0.15) is 24.2 Å². The second-order valence-corrected chi connectivity index (χ2v) is 7.05. The fourth-order valence-corrected chi connectivity index (χ4v) is 3.11. The summed E-state index contributed by atoms with van der Waals surface area (Å²) in [6, 6.07) is 4.74. The Hall–Kier alpha value is -2.98. The first-order valence-corrected chi connectivity index (χ1v) is 9.10. The van der Waals surface area contributed by atoms with Gasteiger partial charge in [-0.2, -0.15) is 9.78 Å². The second-order valence-electron chi connectivity index (χ2n) is 6.23. The minimum Gasteiger partial charge on any atom is -0.358 e. The first-order valence-electron chi connectivity index (χ1n) is 8.34. The lowest BCUT2D eigenvalue weighted by Crippen LogP contribution is -2.25. The van der Waals surface area contributed by atoms with Crippen LogP contribution in [0.4, 0.5) is 16.0 Å². The summed E-state index contributed by atoms with van der Waals surface area (Å²) in [6.07, 6.45) is 1.43. The highest BCUT2D eigenvalue weighted by molar-refractivity contribution is 6.33. The zero-order valence-electron chi connectivity index (χ0n) is 15.3. The largest absolute Gasteiger partial charge is 0.390 e. The smallest absolute Gasteiger partial charge is 0.358 e. The third-order valence-corrected chi connectivity index (χ3v) is 4.81. The highest BCUT2D eigenvalue weighted by Crippen LogP contribution is 2.25. The summed E-state index contributed by atoms with van der Waals surface area (Å²) in [5.74, 6) is -1.30. The van der Waals surface area contributed by atoms with Crippen molar-refractivity contribution < 1.29 is 14.1 Å². The Morgan fingerprint density at radius 3 is 2.69 bits per heavy atom. The summed E-state index contributed by atoms with van der Waals surface area (Å²) >= 11 is 12.1. The van der Waals surface area contributed by atoms with E-state index in [9.17, 15) is 19.3 Å². The van der Waals surface area contributed by atoms with Gasteiger partial charge in [0.25, 0.3) is 5.91 Å². The molecule has 3 aromatic rings. The maximum Gasteiger partial charge on any atom is 0.390 e. The second kappa shape index (κ2) is 8.18. The molecule has 0 bridgehead atoms. The topological polar surface area (TPSA) is 108 Å². The van der Waals surface area contributed by atoms with Gasteiger partial charge in [-0.1, -0.05) is 29.3 Å². The Bertz CT molecular complexity index is 1080. The van der Waals surface area contributed by atoms with Crippen molar-refractivity contribution in [2.24, 2.45) is 0 Å². The van der Waals surface area contributed by atoms with Gasteiger partial charge in [0, 0.05) is 16.8 Å². The van der Waals surface area contributed by atoms with Crippen molar-refractivity contribution >= 4 is 40.7 Å². The number of hydrogen-bond acceptors (Lipinski definition) is 5. The maximum absolute atomic E-state index is 14.0. The highest BCUT2D eigenvalue weighted by atomic mass is 35.5. The van der Waals surface area contributed by atoms with Crippen LogP contribution in [0.3, 0.4) is 0 Å². The Labute approximate surface area is 174 Å². The number of carbonyl (C=O) groups is 1. The molecule has 1 atom stereocenters. The first-order chi connectivity index (χ1) is 13.7. The molecule has 1 amide bonds. The Balaban J connectivity index is 1.77. The van der Waals surface area contributed by atoms with Crippen molar-refractivity contribution in [1.82, 2.24) is 19.6 Å². The van der Waals surface area contributed by atoms with Gasteiger partial charge in [0.05, 0.1) is 23.4 Å². The molecule has 0 aliphatic carbocycles. The van der Waals surface area contributed by atoms with Gasteiger partial charge in [0.2, 0.25) is 0 Å². The van der Waals surface area contributed by atoms with E-state index in [1.165, 1.54) is 40.7 Å². The number of anilines is 1. The van der Waals surface area contributed by atoms with Gasteiger partial charge in [-0.15, -0.1) is 0 Å². The van der Waals surface area contributed by atoms with Crippen LogP contribution in [-0.4, -0.2) is 30.4 Å². The van der Waals surface area contributed by atoms with Crippen molar-refractivity contribution in [3.8, 4) is 0 Å². The number of benzene rings is 1. The molecule has 1 unspecified atom stereocenters. The van der Waals surface area contributed by atoms with Crippen LogP contribution >= 0.6 is 23.2 Å². The van der Waals surface area contributed by atoms with Crippen LogP contribution < -0.4 is 5.32 Å². The molecule has 0 radical (unpaired) electrons. The summed E-state index contributed by atoms with van der Waals surface area (Å²) in [7, 11) is 0. The standard InChI is InChI=1S/C17H15Cl2FN6O3/c1-9-6-15(26(28)29)22-25(9)10(2)17(27)21-16-13(19)8-24(23-16)7-11-12(18)4-3-5-14(11)20/h3-6,8,10H,7H2,1-2H3,(H,21,23,27). The van der Waals surface area contributed by atoms with E-state index in [-0.39, 0.29) is 33.8 Å². The molecule has 3 rings (SSSR count). The molecule has 0 saturated carbocycles. The molecular formula is C17H15Cl2FN6O3. The number of halogens is 3. The van der Waals surface area contributed by atoms with E-state index >= 15 is 0 Å². The Morgan fingerprint density at radius 1 is 1.34 bits per heavy atom. The summed E-state index contributed by atoms with van der Waals surface area (Å²) in [4.78, 5) is 22.8. The Morgan fingerprint density at radius 2 is 2.07 bits per heavy atom. The predicted molar refractivity (Wildman–Crippen MR) is 105 cm³/mol. The lowest BCUT2D eigenvalue weighted by atomic mass is 10.2. The van der Waals surface area contributed by atoms with Crippen molar-refractivity contribution in [3.05, 3.63) is 67.7 Å². The number of nitrogens with one attached hydrogen (secondary N) is 1. The van der Waals surface area contributed by atoms with E-state index < -0.39 is 22.7 Å². The molecule has 29 heavy (non-hydrogen) atoms. The first kappa shape index (κ1) is 20.7. The molecule has 0 spiro atoms. The van der Waals surface area contributed by atoms with Gasteiger partial charge in [-0.3, -0.25) is 9.48 Å². The predicted octanol–water partition coefficient (Wildman–Crippen LogP) is 3.99. The highest BCUT2D eigenvalue weighted by Gasteiger charge is 2.25. The van der Waals surface area contributed by atoms with Gasteiger partial charge in [-0.25, -0.2) is 4.39 Å². The number of amides is 1. The van der Waals surface area contributed by atoms with E-state index in [2.05, 4.69) is 15.5 Å². The Kier molecular flexibility index (Phi) is 5.85. The van der Waals surface area contributed by atoms with Crippen LogP contribution in [0.25, 0.3) is 0 Å². The van der Waals surface area contributed by atoms with Gasteiger partial charge in [0.1, 0.15) is 16.9 Å². The fourth-order valence-electron chi connectivity index (χ4n) is 2.69. The van der Waals surface area contributed by atoms with Gasteiger partial charge in [0.15, 0.2) is 5.82 Å². The zero-order chi connectivity index (χ0) is 21.3. The van der Waals surface area contributed by atoms with Gasteiger partial charge < -0.3 is 15.4 Å². The van der Waals surface area contributed by atoms with E-state index in [4.69, 9.17) is 23.2 Å². The number of nitrogens with zero attached hydrogens (tertiary/aromatic N) is 5. The van der Waals surface area contributed by atoms with E-state index in [0.717, 1.165) is 0 Å². The van der Waals surface area contributed by atoms with Crippen LogP contribution in [-0.2, 0) is 11.3 Å². The lowest BCUT2D eigenvalue weighted by Gasteiger charge is -2.10.